The van der Waals surface area contributed by atoms with Crippen LogP contribution in [-0.2, 0) is 0 Å². The average Bonchev–Trinajstić information content (AvgIpc) is 2.47. The van der Waals surface area contributed by atoms with E-state index in [2.05, 4.69) is 10.3 Å². The molecule has 4 nitrogen and oxygen atoms in total. The van der Waals surface area contributed by atoms with E-state index in [1.807, 2.05) is 6.92 Å². The zero-order chi connectivity index (χ0) is 14.5. The van der Waals surface area contributed by atoms with Gasteiger partial charge < -0.3 is 5.32 Å². The van der Waals surface area contributed by atoms with Crippen molar-refractivity contribution in [3.63, 3.8) is 0 Å². The number of amides is 1. The smallest absolute Gasteiger partial charge is 0.252 e. The molecule has 0 aliphatic rings. The quantitative estimate of drug-likeness (QED) is 0.880. The molecular weight excluding hydrogens is 276 g/mol. The summed E-state index contributed by atoms with van der Waals surface area (Å²) in [6, 6.07) is 8.51. The number of carbonyl (C=O) groups is 2. The second kappa shape index (κ2) is 6.30. The Morgan fingerprint density at radius 1 is 1.35 bits per heavy atom. The van der Waals surface area contributed by atoms with Crippen LogP contribution in [0.25, 0.3) is 11.3 Å². The highest BCUT2D eigenvalue weighted by Crippen LogP contribution is 2.26. The molecular formula is C15H13ClN2O2. The minimum Gasteiger partial charge on any atom is -0.352 e. The summed E-state index contributed by atoms with van der Waals surface area (Å²) in [7, 11) is 0. The molecule has 0 radical (unpaired) electrons. The third-order valence-corrected chi connectivity index (χ3v) is 3.05. The Morgan fingerprint density at radius 3 is 2.60 bits per heavy atom. The molecule has 0 saturated heterocycles. The fourth-order valence-electron chi connectivity index (χ4n) is 1.76. The maximum Gasteiger partial charge on any atom is 0.252 e. The number of hydrogen-bond donors (Lipinski definition) is 1. The summed E-state index contributed by atoms with van der Waals surface area (Å²) in [5.74, 6) is -0.204. The van der Waals surface area contributed by atoms with E-state index in [1.165, 1.54) is 6.20 Å². The molecule has 0 fully saturated rings. The van der Waals surface area contributed by atoms with Crippen molar-refractivity contribution in [1.82, 2.24) is 10.3 Å². The van der Waals surface area contributed by atoms with E-state index in [1.54, 1.807) is 30.3 Å². The third-order valence-electron chi connectivity index (χ3n) is 2.76. The van der Waals surface area contributed by atoms with Gasteiger partial charge in [-0.2, -0.15) is 0 Å². The number of rotatable bonds is 4. The Labute approximate surface area is 121 Å². The summed E-state index contributed by atoms with van der Waals surface area (Å²) < 4.78 is 0. The van der Waals surface area contributed by atoms with Crippen molar-refractivity contribution in [3.8, 4) is 11.3 Å². The van der Waals surface area contributed by atoms with Crippen molar-refractivity contribution >= 4 is 23.8 Å². The molecule has 1 heterocycles. The maximum absolute atomic E-state index is 11.7. The number of pyridine rings is 1. The van der Waals surface area contributed by atoms with Gasteiger partial charge in [-0.25, -0.2) is 0 Å². The van der Waals surface area contributed by atoms with Crippen molar-refractivity contribution in [2.24, 2.45) is 0 Å². The summed E-state index contributed by atoms with van der Waals surface area (Å²) in [6.07, 6.45) is 2.26. The van der Waals surface area contributed by atoms with Crippen molar-refractivity contribution < 1.29 is 9.59 Å². The summed E-state index contributed by atoms with van der Waals surface area (Å²) in [5.41, 5.74) is 2.38. The van der Waals surface area contributed by atoms with Crippen LogP contribution in [0.15, 0.2) is 36.5 Å². The maximum atomic E-state index is 11.7. The van der Waals surface area contributed by atoms with Gasteiger partial charge in [-0.1, -0.05) is 35.9 Å². The fourth-order valence-corrected chi connectivity index (χ4v) is 2.03. The van der Waals surface area contributed by atoms with Gasteiger partial charge in [0.05, 0.1) is 16.3 Å². The molecule has 20 heavy (non-hydrogen) atoms. The van der Waals surface area contributed by atoms with Gasteiger partial charge in [0.25, 0.3) is 5.91 Å². The number of benzene rings is 1. The Kier molecular flexibility index (Phi) is 4.48. The standard InChI is InChI=1S/C15H13ClN2O2/c1-2-17-15(20)12-7-13(16)14(18-8-12)11-5-3-10(9-19)4-6-11/h3-9H,2H2,1H3,(H,17,20). The van der Waals surface area contributed by atoms with E-state index in [0.29, 0.717) is 28.4 Å². The largest absolute Gasteiger partial charge is 0.352 e. The molecule has 1 N–H and O–H groups in total. The van der Waals surface area contributed by atoms with Gasteiger partial charge in [0, 0.05) is 23.9 Å². The molecule has 0 saturated carbocycles. The van der Waals surface area contributed by atoms with Crippen LogP contribution >= 0.6 is 11.6 Å². The second-order valence-corrected chi connectivity index (χ2v) is 4.56. The molecule has 0 unspecified atom stereocenters. The summed E-state index contributed by atoms with van der Waals surface area (Å²) in [4.78, 5) is 26.5. The van der Waals surface area contributed by atoms with Gasteiger partial charge >= 0.3 is 0 Å². The normalized spacial score (nSPS) is 10.1. The third kappa shape index (κ3) is 3.03. The molecule has 2 rings (SSSR count). The lowest BCUT2D eigenvalue weighted by atomic mass is 10.1. The first-order valence-corrected chi connectivity index (χ1v) is 6.53. The lowest BCUT2D eigenvalue weighted by Crippen LogP contribution is -2.22. The number of carbonyl (C=O) groups excluding carboxylic acids is 2. The highest BCUT2D eigenvalue weighted by molar-refractivity contribution is 6.33. The molecule has 1 amide bonds. The van der Waals surface area contributed by atoms with Crippen LogP contribution in [0.2, 0.25) is 5.02 Å². The number of hydrogen-bond acceptors (Lipinski definition) is 3. The van der Waals surface area contributed by atoms with Crippen LogP contribution in [0, 0.1) is 0 Å². The fraction of sp³-hybridized carbons (Fsp3) is 0.133. The van der Waals surface area contributed by atoms with Crippen LogP contribution in [0.5, 0.6) is 0 Å². The van der Waals surface area contributed by atoms with Gasteiger partial charge in [0.1, 0.15) is 6.29 Å². The molecule has 0 spiro atoms. The first-order valence-electron chi connectivity index (χ1n) is 6.15. The van der Waals surface area contributed by atoms with Crippen LogP contribution in [-0.4, -0.2) is 23.7 Å². The number of nitrogens with zero attached hydrogens (tertiary/aromatic N) is 1. The van der Waals surface area contributed by atoms with Crippen LogP contribution < -0.4 is 5.32 Å². The highest BCUT2D eigenvalue weighted by Gasteiger charge is 2.10. The van der Waals surface area contributed by atoms with Crippen molar-refractivity contribution in [2.45, 2.75) is 6.92 Å². The second-order valence-electron chi connectivity index (χ2n) is 4.15. The van der Waals surface area contributed by atoms with Crippen molar-refractivity contribution in [3.05, 3.63) is 52.7 Å². The van der Waals surface area contributed by atoms with Gasteiger partial charge in [-0.3, -0.25) is 14.6 Å². The van der Waals surface area contributed by atoms with E-state index in [-0.39, 0.29) is 5.91 Å². The van der Waals surface area contributed by atoms with E-state index in [0.717, 1.165) is 11.8 Å². The zero-order valence-electron chi connectivity index (χ0n) is 10.9. The van der Waals surface area contributed by atoms with Gasteiger partial charge in [-0.15, -0.1) is 0 Å². The van der Waals surface area contributed by atoms with Crippen LogP contribution in [0.4, 0.5) is 0 Å². The number of aromatic nitrogens is 1. The topological polar surface area (TPSA) is 59.1 Å². The molecule has 0 atom stereocenters. The predicted octanol–water partition coefficient (Wildman–Crippen LogP) is 2.96. The molecule has 2 aromatic rings. The number of halogens is 1. The van der Waals surface area contributed by atoms with E-state index in [9.17, 15) is 9.59 Å². The van der Waals surface area contributed by atoms with E-state index < -0.39 is 0 Å². The Balaban J connectivity index is 2.33. The zero-order valence-corrected chi connectivity index (χ0v) is 11.6. The van der Waals surface area contributed by atoms with Gasteiger partial charge in [0.2, 0.25) is 0 Å². The monoisotopic (exact) mass is 288 g/mol. The molecule has 1 aromatic carbocycles. The SMILES string of the molecule is CCNC(=O)c1cnc(-c2ccc(C=O)cc2)c(Cl)c1. The summed E-state index contributed by atoms with van der Waals surface area (Å²) >= 11 is 6.17. The highest BCUT2D eigenvalue weighted by atomic mass is 35.5. The van der Waals surface area contributed by atoms with Crippen LogP contribution in [0.3, 0.4) is 0 Å². The molecule has 0 aliphatic heterocycles. The Bertz CT molecular complexity index is 639. The molecule has 5 heteroatoms. The lowest BCUT2D eigenvalue weighted by Gasteiger charge is -2.07. The average molecular weight is 289 g/mol. The molecule has 102 valence electrons. The Hall–Kier alpha value is -2.20. The van der Waals surface area contributed by atoms with E-state index >= 15 is 0 Å². The number of nitrogens with one attached hydrogen (secondary N) is 1. The Morgan fingerprint density at radius 2 is 2.05 bits per heavy atom. The van der Waals surface area contributed by atoms with Crippen LogP contribution in [0.1, 0.15) is 27.6 Å². The molecule has 1 aromatic heterocycles. The van der Waals surface area contributed by atoms with Crippen molar-refractivity contribution in [2.75, 3.05) is 6.54 Å². The minimum absolute atomic E-state index is 0.204. The summed E-state index contributed by atoms with van der Waals surface area (Å²) in [5, 5.41) is 3.08. The summed E-state index contributed by atoms with van der Waals surface area (Å²) in [6.45, 7) is 2.39. The van der Waals surface area contributed by atoms with Gasteiger partial charge in [0.15, 0.2) is 0 Å². The van der Waals surface area contributed by atoms with Gasteiger partial charge in [-0.05, 0) is 13.0 Å². The molecule has 0 aliphatic carbocycles. The first kappa shape index (κ1) is 14.2. The predicted molar refractivity (Wildman–Crippen MR) is 78.1 cm³/mol. The minimum atomic E-state index is -0.204. The number of aldehydes is 1. The molecule has 0 bridgehead atoms. The first-order chi connectivity index (χ1) is 9.65. The van der Waals surface area contributed by atoms with E-state index in [4.69, 9.17) is 11.6 Å². The van der Waals surface area contributed by atoms with Crippen molar-refractivity contribution in [1.29, 1.82) is 0 Å². The lowest BCUT2D eigenvalue weighted by molar-refractivity contribution is 0.0955.